The molecule has 2 aliphatic rings. The minimum absolute atomic E-state index is 0.0104. The Hall–Kier alpha value is -1.36. The summed E-state index contributed by atoms with van der Waals surface area (Å²) in [4.78, 5) is 14.1. The number of nitrogens with zero attached hydrogens (tertiary/aromatic N) is 3. The van der Waals surface area contributed by atoms with Crippen LogP contribution in [-0.4, -0.2) is 32.7 Å². The first-order chi connectivity index (χ1) is 8.18. The van der Waals surface area contributed by atoms with Gasteiger partial charge in [-0.3, -0.25) is 9.48 Å². The van der Waals surface area contributed by atoms with Crippen LogP contribution in [0.5, 0.6) is 0 Å². The number of amides is 1. The molecule has 2 fully saturated rings. The van der Waals surface area contributed by atoms with Crippen LogP contribution in [0.2, 0.25) is 0 Å². The van der Waals surface area contributed by atoms with Gasteiger partial charge in [0.2, 0.25) is 5.91 Å². The second-order valence-corrected chi connectivity index (χ2v) is 5.06. The molecular formula is C12H18N4O. The first-order valence-electron chi connectivity index (χ1n) is 6.23. The summed E-state index contributed by atoms with van der Waals surface area (Å²) < 4.78 is 1.83. The molecule has 3 rings (SSSR count). The third-order valence-corrected chi connectivity index (χ3v) is 3.79. The molecule has 1 amide bonds. The van der Waals surface area contributed by atoms with E-state index >= 15 is 0 Å². The molecule has 92 valence electrons. The summed E-state index contributed by atoms with van der Waals surface area (Å²) >= 11 is 0. The Morgan fingerprint density at radius 1 is 1.41 bits per heavy atom. The van der Waals surface area contributed by atoms with E-state index in [9.17, 15) is 4.79 Å². The normalized spacial score (nSPS) is 29.8. The summed E-state index contributed by atoms with van der Waals surface area (Å²) in [6.45, 7) is 0. The summed E-state index contributed by atoms with van der Waals surface area (Å²) in [6, 6.07) is 2.42. The molecule has 1 aromatic rings. The van der Waals surface area contributed by atoms with E-state index in [4.69, 9.17) is 5.73 Å². The predicted molar refractivity (Wildman–Crippen MR) is 63.0 cm³/mol. The van der Waals surface area contributed by atoms with Crippen molar-refractivity contribution in [3.8, 4) is 0 Å². The van der Waals surface area contributed by atoms with Crippen molar-refractivity contribution < 1.29 is 4.79 Å². The van der Waals surface area contributed by atoms with Gasteiger partial charge in [0, 0.05) is 31.7 Å². The van der Waals surface area contributed by atoms with Gasteiger partial charge < -0.3 is 10.6 Å². The lowest BCUT2D eigenvalue weighted by Gasteiger charge is -2.39. The van der Waals surface area contributed by atoms with Crippen LogP contribution >= 0.6 is 0 Å². The predicted octanol–water partition coefficient (Wildman–Crippen LogP) is 0.573. The van der Waals surface area contributed by atoms with Gasteiger partial charge >= 0.3 is 0 Å². The maximum absolute atomic E-state index is 12.1. The number of likely N-dealkylation sites (tertiary alicyclic amines) is 1. The molecule has 0 unspecified atom stereocenters. The van der Waals surface area contributed by atoms with Crippen molar-refractivity contribution in [1.82, 2.24) is 14.7 Å². The standard InChI is InChI=1S/C12H18N4O/c1-15-10(6-7-14-15)12-9(13)4-5-11(17)16(12)8-2-3-8/h6-9,12H,2-5,13H2,1H3/t9-,12-/m0/s1. The zero-order chi connectivity index (χ0) is 12.0. The van der Waals surface area contributed by atoms with Crippen molar-refractivity contribution in [2.75, 3.05) is 0 Å². The molecule has 1 saturated carbocycles. The fraction of sp³-hybridized carbons (Fsp3) is 0.667. The summed E-state index contributed by atoms with van der Waals surface area (Å²) in [7, 11) is 1.91. The summed E-state index contributed by atoms with van der Waals surface area (Å²) in [5.41, 5.74) is 7.28. The molecule has 1 aliphatic carbocycles. The van der Waals surface area contributed by atoms with Crippen LogP contribution in [-0.2, 0) is 11.8 Å². The first-order valence-corrected chi connectivity index (χ1v) is 6.23. The lowest BCUT2D eigenvalue weighted by molar-refractivity contribution is -0.138. The molecule has 1 aromatic heterocycles. The Balaban J connectivity index is 1.97. The summed E-state index contributed by atoms with van der Waals surface area (Å²) in [5.74, 6) is 0.250. The van der Waals surface area contributed by atoms with Gasteiger partial charge in [-0.25, -0.2) is 0 Å². The van der Waals surface area contributed by atoms with E-state index in [-0.39, 0.29) is 18.0 Å². The molecular weight excluding hydrogens is 216 g/mol. The highest BCUT2D eigenvalue weighted by Gasteiger charge is 2.43. The van der Waals surface area contributed by atoms with Gasteiger partial charge in [-0.15, -0.1) is 0 Å². The van der Waals surface area contributed by atoms with Crippen LogP contribution in [0.4, 0.5) is 0 Å². The molecule has 0 spiro atoms. The van der Waals surface area contributed by atoms with Crippen molar-refractivity contribution in [2.45, 2.75) is 43.8 Å². The highest BCUT2D eigenvalue weighted by molar-refractivity contribution is 5.78. The van der Waals surface area contributed by atoms with Crippen LogP contribution in [0.1, 0.15) is 37.4 Å². The van der Waals surface area contributed by atoms with E-state index in [1.54, 1.807) is 6.20 Å². The molecule has 5 heteroatoms. The average Bonchev–Trinajstić information content (AvgIpc) is 3.05. The first kappa shape index (κ1) is 10.8. The Labute approximate surface area is 101 Å². The van der Waals surface area contributed by atoms with E-state index in [0.29, 0.717) is 12.5 Å². The molecule has 0 radical (unpaired) electrons. The van der Waals surface area contributed by atoms with Gasteiger partial charge in [0.05, 0.1) is 11.7 Å². The Morgan fingerprint density at radius 3 is 2.76 bits per heavy atom. The molecule has 1 saturated heterocycles. The number of hydrogen-bond acceptors (Lipinski definition) is 3. The van der Waals surface area contributed by atoms with Crippen molar-refractivity contribution in [3.63, 3.8) is 0 Å². The highest BCUT2D eigenvalue weighted by atomic mass is 16.2. The fourth-order valence-electron chi connectivity index (χ4n) is 2.76. The second kappa shape index (κ2) is 3.84. The highest BCUT2D eigenvalue weighted by Crippen LogP contribution is 2.39. The number of aromatic nitrogens is 2. The number of nitrogens with two attached hydrogens (primary N) is 1. The third-order valence-electron chi connectivity index (χ3n) is 3.79. The lowest BCUT2D eigenvalue weighted by atomic mass is 9.93. The minimum atomic E-state index is 0.0104. The Kier molecular flexibility index (Phi) is 2.43. The van der Waals surface area contributed by atoms with Gasteiger partial charge in [0.25, 0.3) is 0 Å². The minimum Gasteiger partial charge on any atom is -0.330 e. The van der Waals surface area contributed by atoms with E-state index in [0.717, 1.165) is 25.0 Å². The molecule has 1 aliphatic heterocycles. The van der Waals surface area contributed by atoms with Gasteiger partial charge in [0.1, 0.15) is 0 Å². The molecule has 0 aromatic carbocycles. The Bertz CT molecular complexity index is 437. The van der Waals surface area contributed by atoms with E-state index < -0.39 is 0 Å². The number of aryl methyl sites for hydroxylation is 1. The summed E-state index contributed by atoms with van der Waals surface area (Å²) in [5, 5.41) is 4.19. The third kappa shape index (κ3) is 1.74. The molecule has 5 nitrogen and oxygen atoms in total. The van der Waals surface area contributed by atoms with Crippen molar-refractivity contribution in [1.29, 1.82) is 0 Å². The zero-order valence-corrected chi connectivity index (χ0v) is 10.0. The maximum Gasteiger partial charge on any atom is 0.223 e. The van der Waals surface area contributed by atoms with Crippen LogP contribution < -0.4 is 5.73 Å². The van der Waals surface area contributed by atoms with E-state index in [1.165, 1.54) is 0 Å². The average molecular weight is 234 g/mol. The van der Waals surface area contributed by atoms with Crippen molar-refractivity contribution >= 4 is 5.91 Å². The number of rotatable bonds is 2. The smallest absolute Gasteiger partial charge is 0.223 e. The van der Waals surface area contributed by atoms with Gasteiger partial charge in [-0.05, 0) is 25.3 Å². The maximum atomic E-state index is 12.1. The molecule has 17 heavy (non-hydrogen) atoms. The van der Waals surface area contributed by atoms with E-state index in [1.807, 2.05) is 22.7 Å². The van der Waals surface area contributed by atoms with Crippen molar-refractivity contribution in [3.05, 3.63) is 18.0 Å². The van der Waals surface area contributed by atoms with Crippen LogP contribution in [0, 0.1) is 0 Å². The zero-order valence-electron chi connectivity index (χ0n) is 10.0. The molecule has 2 heterocycles. The molecule has 2 atom stereocenters. The largest absolute Gasteiger partial charge is 0.330 e. The van der Waals surface area contributed by atoms with Gasteiger partial charge in [-0.1, -0.05) is 0 Å². The topological polar surface area (TPSA) is 64.2 Å². The second-order valence-electron chi connectivity index (χ2n) is 5.06. The lowest BCUT2D eigenvalue weighted by Crippen LogP contribution is -2.50. The number of carbonyl (C=O) groups excluding carboxylic acids is 1. The monoisotopic (exact) mass is 234 g/mol. The van der Waals surface area contributed by atoms with Crippen LogP contribution in [0.25, 0.3) is 0 Å². The van der Waals surface area contributed by atoms with Gasteiger partial charge in [0.15, 0.2) is 0 Å². The van der Waals surface area contributed by atoms with E-state index in [2.05, 4.69) is 5.10 Å². The number of carbonyl (C=O) groups is 1. The SMILES string of the molecule is Cn1nccc1[C@@H]1[C@@H](N)CCC(=O)N1C1CC1. The number of hydrogen-bond donors (Lipinski definition) is 1. The van der Waals surface area contributed by atoms with Crippen molar-refractivity contribution in [2.24, 2.45) is 12.8 Å². The fourth-order valence-corrected chi connectivity index (χ4v) is 2.76. The molecule has 2 N–H and O–H groups in total. The number of piperidine rings is 1. The van der Waals surface area contributed by atoms with Crippen LogP contribution in [0.3, 0.4) is 0 Å². The van der Waals surface area contributed by atoms with Gasteiger partial charge in [-0.2, -0.15) is 5.10 Å². The van der Waals surface area contributed by atoms with Crippen LogP contribution in [0.15, 0.2) is 12.3 Å². The summed E-state index contributed by atoms with van der Waals surface area (Å²) in [6.07, 6.45) is 5.37. The Morgan fingerprint density at radius 2 is 2.18 bits per heavy atom. The quantitative estimate of drug-likeness (QED) is 0.813. The molecule has 0 bridgehead atoms.